The van der Waals surface area contributed by atoms with Gasteiger partial charge in [0.15, 0.2) is 6.10 Å². The van der Waals surface area contributed by atoms with Crippen LogP contribution in [0.2, 0.25) is 0 Å². The van der Waals surface area contributed by atoms with Crippen molar-refractivity contribution in [3.05, 3.63) is 0 Å². The maximum Gasteiger partial charge on any atom is 0.487 e. The van der Waals surface area contributed by atoms with Crippen LogP contribution in [-0.2, 0) is 9.59 Å². The smallest absolute Gasteiger partial charge is 0.394 e. The fourth-order valence-electron chi connectivity index (χ4n) is 0.549. The monoisotopic (exact) mass is 229 g/mol. The predicted octanol–water partition coefficient (Wildman–Crippen LogP) is -3.46. The van der Waals surface area contributed by atoms with Crippen molar-refractivity contribution in [3.8, 4) is 0 Å². The van der Waals surface area contributed by atoms with Crippen LogP contribution in [0.15, 0.2) is 0 Å². The van der Waals surface area contributed by atoms with Gasteiger partial charge in [-0.2, -0.15) is 14.7 Å². The number of hydrogen-bond acceptors (Lipinski definition) is 8. The van der Waals surface area contributed by atoms with Gasteiger partial charge < -0.3 is 15.3 Å². The topological polar surface area (TPSA) is 156 Å². The van der Waals surface area contributed by atoms with Crippen LogP contribution in [0.1, 0.15) is 0 Å². The van der Waals surface area contributed by atoms with E-state index >= 15 is 0 Å². The largest absolute Gasteiger partial charge is 0.487 e. The van der Waals surface area contributed by atoms with Gasteiger partial charge in [-0.3, -0.25) is 4.79 Å². The van der Waals surface area contributed by atoms with Gasteiger partial charge in [-0.25, -0.2) is 4.79 Å². The summed E-state index contributed by atoms with van der Waals surface area (Å²) >= 11 is 0. The highest BCUT2D eigenvalue weighted by Crippen LogP contribution is 2.45. The zero-order valence-electron chi connectivity index (χ0n) is 6.81. The van der Waals surface area contributed by atoms with Crippen molar-refractivity contribution in [2.75, 3.05) is 6.61 Å². The molecule has 0 aromatic rings. The quantitative estimate of drug-likeness (QED) is 0.210. The van der Waals surface area contributed by atoms with E-state index in [2.05, 4.69) is 0 Å². The number of carbonyl (C=O) groups excluding carboxylic acids is 2. The van der Waals surface area contributed by atoms with Crippen molar-refractivity contribution in [3.63, 3.8) is 0 Å². The first-order chi connectivity index (χ1) is 6.21. The van der Waals surface area contributed by atoms with Gasteiger partial charge >= 0.3 is 13.5 Å². The number of ketones is 1. The average molecular weight is 229 g/mol. The molecule has 0 unspecified atom stereocenters. The van der Waals surface area contributed by atoms with Crippen molar-refractivity contribution >= 4 is 19.3 Å². The molecule has 0 bridgehead atoms. The van der Waals surface area contributed by atoms with Crippen LogP contribution >= 0.6 is 7.94 Å². The highest BCUT2D eigenvalue weighted by molar-refractivity contribution is 7.78. The Kier molecular flexibility index (Phi) is 4.69. The lowest BCUT2D eigenvalue weighted by atomic mass is 10.1. The minimum Gasteiger partial charge on any atom is -0.394 e. The zero-order chi connectivity index (χ0) is 11.5. The molecule has 2 atom stereocenters. The molecule has 8 nitrogen and oxygen atoms in total. The van der Waals surface area contributed by atoms with Crippen LogP contribution < -0.4 is 0 Å². The van der Waals surface area contributed by atoms with Crippen molar-refractivity contribution < 1.29 is 39.6 Å². The first kappa shape index (κ1) is 13.5. The summed E-state index contributed by atoms with van der Waals surface area (Å²) in [7, 11) is -5.01. The van der Waals surface area contributed by atoms with Crippen molar-refractivity contribution in [1.29, 1.82) is 0 Å². The molecule has 14 heavy (non-hydrogen) atoms. The van der Waals surface area contributed by atoms with E-state index in [-0.39, 0.29) is 0 Å². The maximum absolute atomic E-state index is 10.8. The summed E-state index contributed by atoms with van der Waals surface area (Å²) in [4.78, 5) is 46.5. The third-order valence-electron chi connectivity index (χ3n) is 1.30. The summed E-state index contributed by atoms with van der Waals surface area (Å²) < 4.78 is 0. The molecular formula is C5H10O8P+. The molecule has 0 saturated carbocycles. The van der Waals surface area contributed by atoms with Crippen LogP contribution in [0.3, 0.4) is 0 Å². The molecule has 0 aliphatic rings. The lowest BCUT2D eigenvalue weighted by Crippen LogP contribution is -2.40. The highest BCUT2D eigenvalue weighted by Gasteiger charge is 2.50. The average Bonchev–Trinajstić information content (AvgIpc) is 2.11. The molecule has 0 aliphatic carbocycles. The molecule has 82 valence electrons. The minimum absolute atomic E-state index is 0.992. The Morgan fingerprint density at radius 1 is 1.14 bits per heavy atom. The predicted molar refractivity (Wildman–Crippen MR) is 42.7 cm³/mol. The van der Waals surface area contributed by atoms with Crippen LogP contribution in [0.4, 0.5) is 0 Å². The second-order valence-electron chi connectivity index (χ2n) is 2.43. The number of hydrogen-bond donors (Lipinski definition) is 6. The van der Waals surface area contributed by atoms with Gasteiger partial charge in [-0.05, 0) is 0 Å². The van der Waals surface area contributed by atoms with Gasteiger partial charge in [0.25, 0.3) is 5.78 Å². The van der Waals surface area contributed by atoms with E-state index in [0.717, 1.165) is 0 Å². The van der Waals surface area contributed by atoms with Crippen LogP contribution in [0.25, 0.3) is 0 Å². The summed E-state index contributed by atoms with van der Waals surface area (Å²) in [6.07, 6.45) is -4.21. The highest BCUT2D eigenvalue weighted by atomic mass is 31.2. The molecule has 0 radical (unpaired) electrons. The molecule has 0 fully saturated rings. The standard InChI is InChI=1S/C5H10O8P/c6-1-2(7)3(8)4(9)5(10)14(11,12)13/h2-3,6-8,11-13H,1H2/q+1/t2-,3-/m1/s1. The van der Waals surface area contributed by atoms with Gasteiger partial charge in [0.2, 0.25) is 0 Å². The Morgan fingerprint density at radius 2 is 1.57 bits per heavy atom. The Bertz CT molecular complexity index is 232. The Labute approximate surface area is 78.6 Å². The van der Waals surface area contributed by atoms with E-state index in [0.29, 0.717) is 0 Å². The third kappa shape index (κ3) is 3.35. The van der Waals surface area contributed by atoms with E-state index in [4.69, 9.17) is 30.0 Å². The number of aliphatic hydroxyl groups excluding tert-OH is 3. The number of rotatable bonds is 5. The first-order valence-corrected chi connectivity index (χ1v) is 4.99. The molecule has 0 heterocycles. The molecular weight excluding hydrogens is 219 g/mol. The third-order valence-corrected chi connectivity index (χ3v) is 2.07. The van der Waals surface area contributed by atoms with Crippen molar-refractivity contribution in [2.24, 2.45) is 0 Å². The molecule has 0 spiro atoms. The molecule has 0 amide bonds. The van der Waals surface area contributed by atoms with Gasteiger partial charge in [0.1, 0.15) is 6.10 Å². The summed E-state index contributed by atoms with van der Waals surface area (Å²) in [5, 5.41) is 25.8. The van der Waals surface area contributed by atoms with Gasteiger partial charge in [-0.15, -0.1) is 0 Å². The lowest BCUT2D eigenvalue weighted by Gasteiger charge is -2.12. The molecule has 0 rings (SSSR count). The summed E-state index contributed by atoms with van der Waals surface area (Å²) in [5.41, 5.74) is -1.99. The molecule has 0 aromatic heterocycles. The first-order valence-electron chi connectivity index (χ1n) is 3.34. The van der Waals surface area contributed by atoms with E-state index in [1.807, 2.05) is 0 Å². The lowest BCUT2D eigenvalue weighted by molar-refractivity contribution is -0.143. The molecule has 9 heteroatoms. The van der Waals surface area contributed by atoms with Gasteiger partial charge in [0.05, 0.1) is 6.61 Å². The molecule has 0 aromatic carbocycles. The van der Waals surface area contributed by atoms with Crippen LogP contribution in [-0.4, -0.2) is 60.1 Å². The summed E-state index contributed by atoms with van der Waals surface area (Å²) in [6.45, 7) is -0.992. The fourth-order valence-corrected chi connectivity index (χ4v) is 0.977. The van der Waals surface area contributed by atoms with Gasteiger partial charge in [0, 0.05) is 0 Å². The minimum atomic E-state index is -5.01. The number of aliphatic hydroxyl groups is 3. The molecule has 0 aliphatic heterocycles. The number of Topliss-reactive ketones (excluding diaryl/α,β-unsaturated/α-hetero) is 1. The van der Waals surface area contributed by atoms with E-state index in [1.165, 1.54) is 0 Å². The zero-order valence-corrected chi connectivity index (χ0v) is 7.70. The maximum atomic E-state index is 10.8. The SMILES string of the molecule is O=C(C(=O)[P+](O)(O)O)[C@H](O)[C@H](O)CO. The Balaban J connectivity index is 4.56. The Hall–Kier alpha value is -0.470. The van der Waals surface area contributed by atoms with Gasteiger partial charge in [-0.1, -0.05) is 0 Å². The summed E-state index contributed by atoms with van der Waals surface area (Å²) in [6, 6.07) is 0. The Morgan fingerprint density at radius 3 is 1.86 bits per heavy atom. The number of carbonyl (C=O) groups is 2. The second-order valence-corrected chi connectivity index (χ2v) is 3.98. The van der Waals surface area contributed by atoms with Crippen LogP contribution in [0, 0.1) is 0 Å². The second kappa shape index (κ2) is 4.85. The molecule has 0 saturated heterocycles. The van der Waals surface area contributed by atoms with E-state index < -0.39 is 38.1 Å². The van der Waals surface area contributed by atoms with Crippen molar-refractivity contribution in [1.82, 2.24) is 0 Å². The van der Waals surface area contributed by atoms with E-state index in [1.54, 1.807) is 0 Å². The van der Waals surface area contributed by atoms with Crippen LogP contribution in [0.5, 0.6) is 0 Å². The fraction of sp³-hybridized carbons (Fsp3) is 0.600. The summed E-state index contributed by atoms with van der Waals surface area (Å²) in [5.74, 6) is -1.77. The molecule has 6 N–H and O–H groups in total. The van der Waals surface area contributed by atoms with E-state index in [9.17, 15) is 9.59 Å². The van der Waals surface area contributed by atoms with Crippen molar-refractivity contribution in [2.45, 2.75) is 12.2 Å². The normalized spacial score (nSPS) is 16.1.